The quantitative estimate of drug-likeness (QED) is 0.182. The topological polar surface area (TPSA) is 207 Å². The number of aryl methyl sites for hydroxylation is 1. The van der Waals surface area contributed by atoms with E-state index in [0.717, 1.165) is 4.57 Å². The van der Waals surface area contributed by atoms with Crippen LogP contribution in [-0.4, -0.2) is 58.7 Å². The van der Waals surface area contributed by atoms with Gasteiger partial charge in [-0.25, -0.2) is 23.1 Å². The largest absolute Gasteiger partial charge is 0.490 e. The molecular weight excluding hydrogens is 508 g/mol. The maximum Gasteiger partial charge on any atom is 0.490 e. The van der Waals surface area contributed by atoms with Gasteiger partial charge >= 0.3 is 23.5 Å². The molecule has 1 aliphatic heterocycles. The maximum atomic E-state index is 14.8. The average molecular weight is 524 g/mol. The van der Waals surface area contributed by atoms with Crippen molar-refractivity contribution in [2.75, 3.05) is 6.61 Å². The van der Waals surface area contributed by atoms with Gasteiger partial charge in [-0.3, -0.25) is 9.09 Å². The first kappa shape index (κ1) is 26.4. The zero-order valence-electron chi connectivity index (χ0n) is 15.3. The number of phosphoric acid groups is 3. The van der Waals surface area contributed by atoms with Gasteiger partial charge in [0.1, 0.15) is 6.10 Å². The lowest BCUT2D eigenvalue weighted by atomic mass is 9.96. The SMILES string of the molecule is C#CC1(O)C(F)C(COP(=O)(O)OP(=O)(O)OP(=O)(O)O)OC1n1ccc(C)nc1=S. The fraction of sp³-hybridized carbons (Fsp3) is 0.500. The van der Waals surface area contributed by atoms with E-state index in [1.807, 2.05) is 5.92 Å². The summed E-state index contributed by atoms with van der Waals surface area (Å²) in [6, 6.07) is 1.46. The number of ether oxygens (including phenoxy) is 1. The molecule has 1 aromatic heterocycles. The number of aromatic nitrogens is 2. The monoisotopic (exact) mass is 524 g/mol. The van der Waals surface area contributed by atoms with Crippen molar-refractivity contribution in [1.82, 2.24) is 9.55 Å². The second-order valence-corrected chi connectivity index (χ2v) is 10.8. The Bertz CT molecular complexity index is 1090. The summed E-state index contributed by atoms with van der Waals surface area (Å²) in [4.78, 5) is 39.5. The van der Waals surface area contributed by atoms with Crippen LogP contribution in [0.25, 0.3) is 0 Å². The number of hydrogen-bond donors (Lipinski definition) is 5. The molecule has 2 heterocycles. The zero-order valence-corrected chi connectivity index (χ0v) is 18.8. The van der Waals surface area contributed by atoms with Gasteiger partial charge in [-0.15, -0.1) is 6.42 Å². The number of aliphatic hydroxyl groups is 1. The second kappa shape index (κ2) is 9.17. The highest BCUT2D eigenvalue weighted by molar-refractivity contribution is 7.71. The molecule has 0 aromatic carbocycles. The molecule has 0 aliphatic carbocycles. The van der Waals surface area contributed by atoms with Crippen molar-refractivity contribution >= 4 is 35.7 Å². The number of hydrogen-bond acceptors (Lipinski definition) is 10. The Morgan fingerprint density at radius 1 is 1.32 bits per heavy atom. The fourth-order valence-corrected chi connectivity index (χ4v) is 5.79. The Morgan fingerprint density at radius 3 is 2.45 bits per heavy atom. The number of alkyl halides is 1. The van der Waals surface area contributed by atoms with E-state index in [-0.39, 0.29) is 4.77 Å². The van der Waals surface area contributed by atoms with Crippen molar-refractivity contribution in [3.8, 4) is 12.3 Å². The van der Waals surface area contributed by atoms with Gasteiger partial charge in [0.05, 0.1) is 6.61 Å². The predicted octanol–water partition coefficient (Wildman–Crippen LogP) is 0.864. The third-order valence-corrected chi connectivity index (χ3v) is 7.80. The summed E-state index contributed by atoms with van der Waals surface area (Å²) in [5.74, 6) is 1.82. The summed E-state index contributed by atoms with van der Waals surface area (Å²) in [6.45, 7) is 0.463. The van der Waals surface area contributed by atoms with Gasteiger partial charge in [0.15, 0.2) is 12.4 Å². The van der Waals surface area contributed by atoms with Crippen LogP contribution in [0.5, 0.6) is 0 Å². The Kier molecular flexibility index (Phi) is 7.80. The van der Waals surface area contributed by atoms with E-state index in [0.29, 0.717) is 5.69 Å². The Labute approximate surface area is 179 Å². The highest BCUT2D eigenvalue weighted by Crippen LogP contribution is 2.66. The molecular formula is C12H16FN2O12P3S. The van der Waals surface area contributed by atoms with Gasteiger partial charge in [0.2, 0.25) is 10.4 Å². The summed E-state index contributed by atoms with van der Waals surface area (Å²) in [6.07, 6.45) is 0.716. The summed E-state index contributed by atoms with van der Waals surface area (Å²) >= 11 is 5.03. The van der Waals surface area contributed by atoms with E-state index in [1.165, 1.54) is 12.3 Å². The first-order valence-corrected chi connectivity index (χ1v) is 12.8. The fourth-order valence-electron chi connectivity index (χ4n) is 2.46. The maximum absolute atomic E-state index is 14.8. The number of rotatable bonds is 8. The lowest BCUT2D eigenvalue weighted by molar-refractivity contribution is -0.0734. The van der Waals surface area contributed by atoms with E-state index < -0.39 is 54.2 Å². The van der Waals surface area contributed by atoms with E-state index >= 15 is 0 Å². The van der Waals surface area contributed by atoms with E-state index in [9.17, 15) is 28.1 Å². The van der Waals surface area contributed by atoms with Gasteiger partial charge in [-0.05, 0) is 25.2 Å². The van der Waals surface area contributed by atoms with Crippen LogP contribution in [-0.2, 0) is 31.6 Å². The lowest BCUT2D eigenvalue weighted by Crippen LogP contribution is -2.43. The van der Waals surface area contributed by atoms with Crippen LogP contribution >= 0.6 is 35.7 Å². The van der Waals surface area contributed by atoms with Gasteiger partial charge in [-0.2, -0.15) is 8.62 Å². The van der Waals surface area contributed by atoms with Crippen LogP contribution in [0.4, 0.5) is 4.39 Å². The minimum atomic E-state index is -5.76. The van der Waals surface area contributed by atoms with Crippen LogP contribution in [0.3, 0.4) is 0 Å². The molecule has 0 saturated carbocycles. The van der Waals surface area contributed by atoms with Crippen LogP contribution in [0, 0.1) is 24.0 Å². The van der Waals surface area contributed by atoms with Crippen LogP contribution in [0.2, 0.25) is 0 Å². The molecule has 1 saturated heterocycles. The molecule has 6 atom stereocenters. The molecule has 14 nitrogen and oxygen atoms in total. The number of terminal acetylenes is 1. The molecule has 0 spiro atoms. The standard InChI is InChI=1S/C12H16FN2O12P3S/c1-3-12(16)9(13)8(25-10(12)15-5-4-7(2)14-11(15)31)6-24-29(20,21)27-30(22,23)26-28(17,18)19/h1,4-5,8-10,16H,6H2,2H3,(H,20,21)(H,22,23)(H2,17,18,19). The predicted molar refractivity (Wildman–Crippen MR) is 100 cm³/mol. The summed E-state index contributed by atoms with van der Waals surface area (Å²) in [5.41, 5.74) is -2.11. The molecule has 174 valence electrons. The van der Waals surface area contributed by atoms with Gasteiger partial charge in [-0.1, -0.05) is 5.92 Å². The first-order chi connectivity index (χ1) is 14.0. The van der Waals surface area contributed by atoms with Gasteiger partial charge in [0.25, 0.3) is 0 Å². The smallest absolute Gasteiger partial charge is 0.371 e. The van der Waals surface area contributed by atoms with Crippen molar-refractivity contribution in [1.29, 1.82) is 0 Å². The van der Waals surface area contributed by atoms with Crippen molar-refractivity contribution in [2.24, 2.45) is 0 Å². The minimum absolute atomic E-state index is 0.126. The molecule has 2 rings (SSSR count). The normalized spacial score (nSPS) is 30.3. The summed E-state index contributed by atoms with van der Waals surface area (Å²) in [5, 5.41) is 10.5. The van der Waals surface area contributed by atoms with E-state index in [1.54, 1.807) is 6.92 Å². The Hall–Kier alpha value is -0.880. The number of nitrogens with zero attached hydrogens (tertiary/aromatic N) is 2. The first-order valence-electron chi connectivity index (χ1n) is 7.83. The molecule has 1 fully saturated rings. The molecule has 5 N–H and O–H groups in total. The summed E-state index contributed by atoms with van der Waals surface area (Å²) in [7, 11) is -16.9. The van der Waals surface area contributed by atoms with Crippen molar-refractivity contribution in [3.05, 3.63) is 22.7 Å². The van der Waals surface area contributed by atoms with Gasteiger partial charge < -0.3 is 29.4 Å². The highest BCUT2D eigenvalue weighted by Gasteiger charge is 2.57. The van der Waals surface area contributed by atoms with E-state index in [4.69, 9.17) is 38.1 Å². The zero-order chi connectivity index (χ0) is 23.8. The van der Waals surface area contributed by atoms with Crippen molar-refractivity contribution < 1.29 is 60.6 Å². The molecule has 1 aliphatic rings. The molecule has 19 heteroatoms. The molecule has 0 bridgehead atoms. The number of phosphoric ester groups is 1. The molecule has 31 heavy (non-hydrogen) atoms. The van der Waals surface area contributed by atoms with E-state index in [2.05, 4.69) is 18.1 Å². The van der Waals surface area contributed by atoms with Crippen molar-refractivity contribution in [2.45, 2.75) is 31.0 Å². The van der Waals surface area contributed by atoms with Crippen LogP contribution in [0.15, 0.2) is 12.3 Å². The van der Waals surface area contributed by atoms with Gasteiger partial charge in [0, 0.05) is 11.9 Å². The minimum Gasteiger partial charge on any atom is -0.371 e. The highest BCUT2D eigenvalue weighted by atomic mass is 32.1. The molecule has 1 aromatic rings. The Balaban J connectivity index is 2.18. The molecule has 6 unspecified atom stereocenters. The van der Waals surface area contributed by atoms with Crippen LogP contribution < -0.4 is 0 Å². The van der Waals surface area contributed by atoms with Crippen molar-refractivity contribution in [3.63, 3.8) is 0 Å². The lowest BCUT2D eigenvalue weighted by Gasteiger charge is -2.26. The average Bonchev–Trinajstić information content (AvgIpc) is 2.82. The Morgan fingerprint density at radius 2 is 1.94 bits per heavy atom. The number of halogens is 1. The molecule has 0 amide bonds. The van der Waals surface area contributed by atoms with Crippen LogP contribution in [0.1, 0.15) is 11.9 Å². The third-order valence-electron chi connectivity index (χ3n) is 3.70. The second-order valence-electron chi connectivity index (χ2n) is 6.04. The third kappa shape index (κ3) is 6.56. The molecule has 0 radical (unpaired) electrons. The summed E-state index contributed by atoms with van der Waals surface area (Å²) < 4.78 is 66.1.